The molecule has 5 heteroatoms. The lowest BCUT2D eigenvalue weighted by atomic mass is 9.81. The van der Waals surface area contributed by atoms with Crippen molar-refractivity contribution in [1.29, 1.82) is 0 Å². The monoisotopic (exact) mass is 336 g/mol. The molecule has 0 bridgehead atoms. The summed E-state index contributed by atoms with van der Waals surface area (Å²) in [6.07, 6.45) is 3.95. The Balaban J connectivity index is 2.00. The zero-order valence-electron chi connectivity index (χ0n) is 14.6. The van der Waals surface area contributed by atoms with Crippen LogP contribution in [0.3, 0.4) is 0 Å². The van der Waals surface area contributed by atoms with Crippen molar-refractivity contribution in [3.05, 3.63) is 21.9 Å². The van der Waals surface area contributed by atoms with Gasteiger partial charge in [0.15, 0.2) is 0 Å². The molecule has 0 aliphatic heterocycles. The van der Waals surface area contributed by atoms with E-state index in [0.717, 1.165) is 25.7 Å². The number of carbonyl (C=O) groups is 2. The fourth-order valence-corrected chi connectivity index (χ4v) is 4.08. The zero-order chi connectivity index (χ0) is 17.1. The van der Waals surface area contributed by atoms with E-state index >= 15 is 0 Å². The van der Waals surface area contributed by atoms with E-state index in [-0.39, 0.29) is 17.4 Å². The summed E-state index contributed by atoms with van der Waals surface area (Å²) >= 11 is 1.66. The summed E-state index contributed by atoms with van der Waals surface area (Å²) in [4.78, 5) is 26.3. The SMILES string of the molecule is Cc1ccsc1CNC(=O)C1(CC(=O)NC(C)(C)C)CCCC1. The van der Waals surface area contributed by atoms with Crippen molar-refractivity contribution in [2.24, 2.45) is 5.41 Å². The zero-order valence-corrected chi connectivity index (χ0v) is 15.4. The van der Waals surface area contributed by atoms with E-state index < -0.39 is 5.41 Å². The Morgan fingerprint density at radius 1 is 1.26 bits per heavy atom. The van der Waals surface area contributed by atoms with Gasteiger partial charge in [-0.1, -0.05) is 12.8 Å². The third-order valence-electron chi connectivity index (χ3n) is 4.43. The molecular formula is C18H28N2O2S. The third-order valence-corrected chi connectivity index (χ3v) is 5.46. The summed E-state index contributed by atoms with van der Waals surface area (Å²) in [6.45, 7) is 8.51. The molecule has 1 heterocycles. The average molecular weight is 337 g/mol. The fourth-order valence-electron chi connectivity index (χ4n) is 3.24. The van der Waals surface area contributed by atoms with Gasteiger partial charge in [0.1, 0.15) is 0 Å². The predicted octanol–water partition coefficient (Wildman–Crippen LogP) is 3.54. The van der Waals surface area contributed by atoms with Crippen LogP contribution in [0.25, 0.3) is 0 Å². The molecule has 2 rings (SSSR count). The van der Waals surface area contributed by atoms with Crippen LogP contribution in [-0.4, -0.2) is 17.4 Å². The second-order valence-corrected chi connectivity index (χ2v) is 8.67. The molecule has 0 unspecified atom stereocenters. The Morgan fingerprint density at radius 2 is 1.91 bits per heavy atom. The molecule has 1 aliphatic rings. The quantitative estimate of drug-likeness (QED) is 0.864. The highest BCUT2D eigenvalue weighted by molar-refractivity contribution is 7.10. The molecule has 23 heavy (non-hydrogen) atoms. The van der Waals surface area contributed by atoms with Crippen molar-refractivity contribution in [2.45, 2.75) is 71.9 Å². The maximum atomic E-state index is 12.8. The van der Waals surface area contributed by atoms with Gasteiger partial charge < -0.3 is 10.6 Å². The summed E-state index contributed by atoms with van der Waals surface area (Å²) in [7, 11) is 0. The maximum Gasteiger partial charge on any atom is 0.227 e. The van der Waals surface area contributed by atoms with Crippen molar-refractivity contribution in [2.75, 3.05) is 0 Å². The molecule has 1 aromatic rings. The molecule has 0 saturated heterocycles. The molecule has 0 radical (unpaired) electrons. The average Bonchev–Trinajstić information content (AvgIpc) is 3.04. The van der Waals surface area contributed by atoms with E-state index in [9.17, 15) is 9.59 Å². The van der Waals surface area contributed by atoms with Crippen molar-refractivity contribution >= 4 is 23.2 Å². The molecule has 128 valence electrons. The van der Waals surface area contributed by atoms with Crippen LogP contribution in [0.1, 0.15) is 63.3 Å². The largest absolute Gasteiger partial charge is 0.351 e. The molecule has 1 aromatic heterocycles. The first-order valence-corrected chi connectivity index (χ1v) is 9.22. The van der Waals surface area contributed by atoms with Crippen LogP contribution in [0.5, 0.6) is 0 Å². The Bertz CT molecular complexity index is 566. The van der Waals surface area contributed by atoms with Gasteiger partial charge in [-0.3, -0.25) is 9.59 Å². The van der Waals surface area contributed by atoms with Gasteiger partial charge in [0.2, 0.25) is 11.8 Å². The summed E-state index contributed by atoms with van der Waals surface area (Å²) in [5.41, 5.74) is 0.420. The number of rotatable bonds is 5. The number of hydrogen-bond donors (Lipinski definition) is 2. The van der Waals surface area contributed by atoms with Gasteiger partial charge in [0.05, 0.1) is 12.0 Å². The van der Waals surface area contributed by atoms with Crippen LogP contribution in [0.15, 0.2) is 11.4 Å². The Morgan fingerprint density at radius 3 is 2.43 bits per heavy atom. The van der Waals surface area contributed by atoms with Crippen LogP contribution < -0.4 is 10.6 Å². The van der Waals surface area contributed by atoms with Crippen LogP contribution >= 0.6 is 11.3 Å². The van der Waals surface area contributed by atoms with Crippen LogP contribution in [0, 0.1) is 12.3 Å². The van der Waals surface area contributed by atoms with Crippen LogP contribution in [0.2, 0.25) is 0 Å². The van der Waals surface area contributed by atoms with Gasteiger partial charge in [-0.05, 0) is 57.5 Å². The van der Waals surface area contributed by atoms with Gasteiger partial charge in [-0.2, -0.15) is 0 Å². The standard InChI is InChI=1S/C18H28N2O2S/c1-13-7-10-23-14(13)12-19-16(22)18(8-5-6-9-18)11-15(21)20-17(2,3)4/h7,10H,5-6,8-9,11-12H2,1-4H3,(H,19,22)(H,20,21). The lowest BCUT2D eigenvalue weighted by Gasteiger charge is -2.29. The molecule has 2 N–H and O–H groups in total. The molecular weight excluding hydrogens is 308 g/mol. The van der Waals surface area contributed by atoms with E-state index in [1.807, 2.05) is 26.2 Å². The van der Waals surface area contributed by atoms with Crippen molar-refractivity contribution in [3.63, 3.8) is 0 Å². The van der Waals surface area contributed by atoms with E-state index in [1.165, 1.54) is 10.4 Å². The highest BCUT2D eigenvalue weighted by Gasteiger charge is 2.43. The Kier molecular flexibility index (Phi) is 5.50. The van der Waals surface area contributed by atoms with Crippen LogP contribution in [-0.2, 0) is 16.1 Å². The first-order chi connectivity index (χ1) is 10.7. The molecule has 1 aliphatic carbocycles. The molecule has 4 nitrogen and oxygen atoms in total. The normalized spacial score (nSPS) is 17.0. The van der Waals surface area contributed by atoms with E-state index in [0.29, 0.717) is 13.0 Å². The number of amides is 2. The minimum absolute atomic E-state index is 0.0261. The molecule has 2 amide bonds. The highest BCUT2D eigenvalue weighted by atomic mass is 32.1. The van der Waals surface area contributed by atoms with Crippen LogP contribution in [0.4, 0.5) is 0 Å². The first kappa shape index (κ1) is 18.0. The molecule has 0 atom stereocenters. The fraction of sp³-hybridized carbons (Fsp3) is 0.667. The summed E-state index contributed by atoms with van der Waals surface area (Å²) in [6, 6.07) is 2.06. The maximum absolute atomic E-state index is 12.8. The Labute approximate surface area is 143 Å². The van der Waals surface area contributed by atoms with E-state index in [4.69, 9.17) is 0 Å². The molecule has 1 fully saturated rings. The number of carbonyl (C=O) groups excluding carboxylic acids is 2. The lowest BCUT2D eigenvalue weighted by Crippen LogP contribution is -2.46. The molecule has 0 spiro atoms. The van der Waals surface area contributed by atoms with E-state index in [1.54, 1.807) is 11.3 Å². The van der Waals surface area contributed by atoms with Gasteiger partial charge in [0.25, 0.3) is 0 Å². The summed E-state index contributed by atoms with van der Waals surface area (Å²) < 4.78 is 0. The van der Waals surface area contributed by atoms with Gasteiger partial charge in [-0.15, -0.1) is 11.3 Å². The number of thiophene rings is 1. The van der Waals surface area contributed by atoms with Gasteiger partial charge >= 0.3 is 0 Å². The second-order valence-electron chi connectivity index (χ2n) is 7.67. The van der Waals surface area contributed by atoms with Crippen molar-refractivity contribution in [3.8, 4) is 0 Å². The lowest BCUT2D eigenvalue weighted by molar-refractivity contribution is -0.137. The van der Waals surface area contributed by atoms with Crippen molar-refractivity contribution in [1.82, 2.24) is 10.6 Å². The topological polar surface area (TPSA) is 58.2 Å². The number of aryl methyl sites for hydroxylation is 1. The highest BCUT2D eigenvalue weighted by Crippen LogP contribution is 2.41. The molecule has 0 aromatic carbocycles. The predicted molar refractivity (Wildman–Crippen MR) is 94.3 cm³/mol. The van der Waals surface area contributed by atoms with E-state index in [2.05, 4.69) is 23.6 Å². The molecule has 1 saturated carbocycles. The Hall–Kier alpha value is -1.36. The minimum Gasteiger partial charge on any atom is -0.351 e. The number of hydrogen-bond acceptors (Lipinski definition) is 3. The third kappa shape index (κ3) is 4.80. The summed E-state index contributed by atoms with van der Waals surface area (Å²) in [5, 5.41) is 8.10. The van der Waals surface area contributed by atoms with Gasteiger partial charge in [0, 0.05) is 16.8 Å². The smallest absolute Gasteiger partial charge is 0.227 e. The number of nitrogens with one attached hydrogen (secondary N) is 2. The van der Waals surface area contributed by atoms with Gasteiger partial charge in [-0.25, -0.2) is 0 Å². The summed E-state index contributed by atoms with van der Waals surface area (Å²) in [5.74, 6) is 0.00807. The second kappa shape index (κ2) is 7.04. The van der Waals surface area contributed by atoms with Crippen molar-refractivity contribution < 1.29 is 9.59 Å². The first-order valence-electron chi connectivity index (χ1n) is 8.34. The minimum atomic E-state index is -0.527.